The van der Waals surface area contributed by atoms with Gasteiger partial charge in [-0.05, 0) is 44.0 Å². The van der Waals surface area contributed by atoms with E-state index >= 15 is 0 Å². The molecule has 0 radical (unpaired) electrons. The molecule has 3 heterocycles. The topological polar surface area (TPSA) is 82.5 Å². The molecule has 0 fully saturated rings. The first-order chi connectivity index (χ1) is 13.7. The normalized spacial score (nSPS) is 11.1. The Morgan fingerprint density at radius 1 is 1.11 bits per heavy atom. The maximum atomic E-state index is 5.35. The molecule has 0 N–H and O–H groups in total. The van der Waals surface area contributed by atoms with Crippen LogP contribution in [0.3, 0.4) is 0 Å². The van der Waals surface area contributed by atoms with Gasteiger partial charge in [0, 0.05) is 30.1 Å². The van der Waals surface area contributed by atoms with Crippen molar-refractivity contribution in [2.75, 3.05) is 5.75 Å². The SMILES string of the molecule is Cc1ccc(-n2cnnc2SCCCc2nc(-c3ccncc3)no2)c(C)c1. The highest BCUT2D eigenvalue weighted by molar-refractivity contribution is 7.99. The van der Waals surface area contributed by atoms with Crippen molar-refractivity contribution in [3.63, 3.8) is 0 Å². The number of rotatable bonds is 7. The average molecular weight is 392 g/mol. The van der Waals surface area contributed by atoms with E-state index in [1.165, 1.54) is 11.1 Å². The summed E-state index contributed by atoms with van der Waals surface area (Å²) in [6.45, 7) is 4.20. The van der Waals surface area contributed by atoms with Crippen molar-refractivity contribution >= 4 is 11.8 Å². The third-order valence-corrected chi connectivity index (χ3v) is 5.33. The zero-order valence-corrected chi connectivity index (χ0v) is 16.6. The van der Waals surface area contributed by atoms with Crippen molar-refractivity contribution in [3.8, 4) is 17.1 Å². The molecule has 142 valence electrons. The minimum atomic E-state index is 0.597. The van der Waals surface area contributed by atoms with E-state index < -0.39 is 0 Å². The Kier molecular flexibility index (Phi) is 5.48. The lowest BCUT2D eigenvalue weighted by Crippen LogP contribution is -1.99. The van der Waals surface area contributed by atoms with Gasteiger partial charge in [0.25, 0.3) is 0 Å². The van der Waals surface area contributed by atoms with Gasteiger partial charge in [0.05, 0.1) is 5.69 Å². The zero-order valence-electron chi connectivity index (χ0n) is 15.7. The fourth-order valence-electron chi connectivity index (χ4n) is 2.93. The van der Waals surface area contributed by atoms with E-state index in [1.54, 1.807) is 30.5 Å². The van der Waals surface area contributed by atoms with Gasteiger partial charge in [-0.2, -0.15) is 4.98 Å². The second-order valence-corrected chi connectivity index (χ2v) is 7.54. The van der Waals surface area contributed by atoms with Crippen molar-refractivity contribution < 1.29 is 4.52 Å². The van der Waals surface area contributed by atoms with E-state index in [4.69, 9.17) is 4.52 Å². The van der Waals surface area contributed by atoms with Crippen LogP contribution in [0, 0.1) is 13.8 Å². The van der Waals surface area contributed by atoms with Gasteiger partial charge in [0.2, 0.25) is 11.7 Å². The maximum absolute atomic E-state index is 5.35. The minimum Gasteiger partial charge on any atom is -0.339 e. The van der Waals surface area contributed by atoms with Crippen molar-refractivity contribution in [1.82, 2.24) is 29.9 Å². The Morgan fingerprint density at radius 3 is 2.79 bits per heavy atom. The fraction of sp³-hybridized carbons (Fsp3) is 0.250. The molecule has 0 bridgehead atoms. The summed E-state index contributed by atoms with van der Waals surface area (Å²) in [5.41, 5.74) is 4.46. The highest BCUT2D eigenvalue weighted by Crippen LogP contribution is 2.23. The average Bonchev–Trinajstić information content (AvgIpc) is 3.36. The third-order valence-electron chi connectivity index (χ3n) is 4.30. The molecule has 0 aliphatic carbocycles. The van der Waals surface area contributed by atoms with Gasteiger partial charge in [-0.1, -0.05) is 34.6 Å². The van der Waals surface area contributed by atoms with Gasteiger partial charge < -0.3 is 4.52 Å². The quantitative estimate of drug-likeness (QED) is 0.346. The molecule has 4 aromatic rings. The van der Waals surface area contributed by atoms with Crippen molar-refractivity contribution in [2.24, 2.45) is 0 Å². The predicted octanol–water partition coefficient (Wildman–Crippen LogP) is 4.05. The van der Waals surface area contributed by atoms with Crippen LogP contribution in [-0.2, 0) is 6.42 Å². The predicted molar refractivity (Wildman–Crippen MR) is 107 cm³/mol. The van der Waals surface area contributed by atoms with Gasteiger partial charge in [0.1, 0.15) is 6.33 Å². The van der Waals surface area contributed by atoms with Gasteiger partial charge in [0.15, 0.2) is 5.16 Å². The molecule has 3 aromatic heterocycles. The van der Waals surface area contributed by atoms with Crippen molar-refractivity contribution in [1.29, 1.82) is 0 Å². The van der Waals surface area contributed by atoms with Gasteiger partial charge >= 0.3 is 0 Å². The number of aryl methyl sites for hydroxylation is 3. The molecule has 0 atom stereocenters. The molecule has 7 nitrogen and oxygen atoms in total. The smallest absolute Gasteiger partial charge is 0.226 e. The lowest BCUT2D eigenvalue weighted by Gasteiger charge is -2.09. The number of aromatic nitrogens is 6. The Labute approximate surface area is 167 Å². The molecular formula is C20H20N6OS. The van der Waals surface area contributed by atoms with Crippen molar-refractivity contribution in [2.45, 2.75) is 31.8 Å². The van der Waals surface area contributed by atoms with Crippen LogP contribution in [-0.4, -0.2) is 35.6 Å². The summed E-state index contributed by atoms with van der Waals surface area (Å²) >= 11 is 1.68. The Morgan fingerprint density at radius 2 is 1.96 bits per heavy atom. The van der Waals surface area contributed by atoms with Gasteiger partial charge in [-0.3, -0.25) is 9.55 Å². The lowest BCUT2D eigenvalue weighted by atomic mass is 10.1. The molecule has 0 spiro atoms. The van der Waals surface area contributed by atoms with Crippen LogP contribution in [0.25, 0.3) is 17.1 Å². The minimum absolute atomic E-state index is 0.597. The molecular weight excluding hydrogens is 372 g/mol. The summed E-state index contributed by atoms with van der Waals surface area (Å²) in [7, 11) is 0. The maximum Gasteiger partial charge on any atom is 0.226 e. The van der Waals surface area contributed by atoms with E-state index in [-0.39, 0.29) is 0 Å². The van der Waals surface area contributed by atoms with Crippen molar-refractivity contribution in [3.05, 3.63) is 66.1 Å². The standard InChI is InChI=1S/C20H20N6OS/c1-14-5-6-17(15(2)12-14)26-13-22-24-20(26)28-11-3-4-18-23-19(25-27-18)16-7-9-21-10-8-16/h5-10,12-13H,3-4,11H2,1-2H3. The lowest BCUT2D eigenvalue weighted by molar-refractivity contribution is 0.378. The van der Waals surface area contributed by atoms with Gasteiger partial charge in [-0.15, -0.1) is 10.2 Å². The van der Waals surface area contributed by atoms with E-state index in [2.05, 4.69) is 57.4 Å². The first kappa shape index (κ1) is 18.4. The van der Waals surface area contributed by atoms with Crippen LogP contribution in [0.1, 0.15) is 23.4 Å². The first-order valence-electron chi connectivity index (χ1n) is 9.04. The second-order valence-electron chi connectivity index (χ2n) is 6.47. The molecule has 1 aromatic carbocycles. The van der Waals surface area contributed by atoms with E-state index in [1.807, 2.05) is 16.7 Å². The largest absolute Gasteiger partial charge is 0.339 e. The van der Waals surface area contributed by atoms with Crippen LogP contribution >= 0.6 is 11.8 Å². The molecule has 0 unspecified atom stereocenters. The van der Waals surface area contributed by atoms with E-state index in [0.29, 0.717) is 11.7 Å². The van der Waals surface area contributed by atoms with Crippen LogP contribution in [0.15, 0.2) is 58.7 Å². The Hall–Kier alpha value is -3.00. The monoisotopic (exact) mass is 392 g/mol. The molecule has 0 saturated carbocycles. The molecule has 0 saturated heterocycles. The molecule has 8 heteroatoms. The highest BCUT2D eigenvalue weighted by Gasteiger charge is 2.11. The Bertz CT molecular complexity index is 1060. The Balaban J connectivity index is 1.34. The van der Waals surface area contributed by atoms with Crippen LogP contribution in [0.5, 0.6) is 0 Å². The van der Waals surface area contributed by atoms with Crippen LogP contribution < -0.4 is 0 Å². The summed E-state index contributed by atoms with van der Waals surface area (Å²) in [4.78, 5) is 8.45. The number of hydrogen-bond donors (Lipinski definition) is 0. The first-order valence-corrected chi connectivity index (χ1v) is 10.0. The number of thioether (sulfide) groups is 1. The third kappa shape index (κ3) is 4.12. The summed E-state index contributed by atoms with van der Waals surface area (Å²) in [5, 5.41) is 13.3. The number of pyridine rings is 1. The molecule has 28 heavy (non-hydrogen) atoms. The number of nitrogens with zero attached hydrogens (tertiary/aromatic N) is 6. The summed E-state index contributed by atoms with van der Waals surface area (Å²) in [6.07, 6.45) is 6.83. The van der Waals surface area contributed by atoms with E-state index in [0.717, 1.165) is 35.0 Å². The highest BCUT2D eigenvalue weighted by atomic mass is 32.2. The zero-order chi connectivity index (χ0) is 19.3. The second kappa shape index (κ2) is 8.35. The fourth-order valence-corrected chi connectivity index (χ4v) is 3.79. The van der Waals surface area contributed by atoms with Crippen LogP contribution in [0.4, 0.5) is 0 Å². The van der Waals surface area contributed by atoms with Crippen LogP contribution in [0.2, 0.25) is 0 Å². The van der Waals surface area contributed by atoms with E-state index in [9.17, 15) is 0 Å². The molecule has 4 rings (SSSR count). The number of hydrogen-bond acceptors (Lipinski definition) is 7. The number of benzene rings is 1. The molecule has 0 amide bonds. The summed E-state index contributed by atoms with van der Waals surface area (Å²) in [6, 6.07) is 10.1. The summed E-state index contributed by atoms with van der Waals surface area (Å²) in [5.74, 6) is 2.12. The molecule has 0 aliphatic heterocycles. The summed E-state index contributed by atoms with van der Waals surface area (Å²) < 4.78 is 7.39. The molecule has 0 aliphatic rings. The van der Waals surface area contributed by atoms with Gasteiger partial charge in [-0.25, -0.2) is 0 Å².